The molecule has 22 heavy (non-hydrogen) atoms. The number of nitrogens with one attached hydrogen (secondary N) is 2. The van der Waals surface area contributed by atoms with Crippen LogP contribution in [0.2, 0.25) is 0 Å². The van der Waals surface area contributed by atoms with E-state index < -0.39 is 10.0 Å². The van der Waals surface area contributed by atoms with Crippen LogP contribution < -0.4 is 15.8 Å². The van der Waals surface area contributed by atoms with Crippen LogP contribution in [0.25, 0.3) is 0 Å². The van der Waals surface area contributed by atoms with E-state index in [1.807, 2.05) is 0 Å². The molecule has 0 atom stereocenters. The van der Waals surface area contributed by atoms with Crippen molar-refractivity contribution in [3.05, 3.63) is 29.8 Å². The molecule has 1 aliphatic rings. The molecule has 1 heterocycles. The molecule has 7 nitrogen and oxygen atoms in total. The van der Waals surface area contributed by atoms with Crippen LogP contribution in [0, 0.1) is 0 Å². The fraction of sp³-hybridized carbons (Fsp3) is 0.500. The molecule has 0 unspecified atom stereocenters. The van der Waals surface area contributed by atoms with Crippen LogP contribution in [0.4, 0.5) is 0 Å². The number of nitrogens with zero attached hydrogens (tertiary/aromatic N) is 1. The SMILES string of the molecule is NS(=O)(=O)c1ccc(CCNC(=O)CN2CCNCC2)cc1. The van der Waals surface area contributed by atoms with E-state index in [0.717, 1.165) is 31.7 Å². The third-order valence-electron chi connectivity index (χ3n) is 3.56. The number of piperazine rings is 1. The number of nitrogens with two attached hydrogens (primary N) is 1. The van der Waals surface area contributed by atoms with Gasteiger partial charge in [0.25, 0.3) is 0 Å². The smallest absolute Gasteiger partial charge is 0.238 e. The first-order valence-corrected chi connectivity index (χ1v) is 8.81. The molecule has 1 amide bonds. The molecule has 0 aliphatic carbocycles. The summed E-state index contributed by atoms with van der Waals surface area (Å²) in [6.45, 7) is 4.57. The highest BCUT2D eigenvalue weighted by Crippen LogP contribution is 2.08. The average molecular weight is 326 g/mol. The maximum Gasteiger partial charge on any atom is 0.238 e. The van der Waals surface area contributed by atoms with Crippen LogP contribution in [-0.4, -0.2) is 58.5 Å². The van der Waals surface area contributed by atoms with E-state index in [2.05, 4.69) is 15.5 Å². The van der Waals surface area contributed by atoms with E-state index in [-0.39, 0.29) is 10.8 Å². The summed E-state index contributed by atoms with van der Waals surface area (Å²) >= 11 is 0. The highest BCUT2D eigenvalue weighted by molar-refractivity contribution is 7.89. The van der Waals surface area contributed by atoms with Gasteiger partial charge in [-0.25, -0.2) is 13.6 Å². The third-order valence-corrected chi connectivity index (χ3v) is 4.49. The van der Waals surface area contributed by atoms with Gasteiger partial charge in [-0.2, -0.15) is 0 Å². The fourth-order valence-electron chi connectivity index (χ4n) is 2.32. The molecule has 1 aromatic carbocycles. The molecule has 0 radical (unpaired) electrons. The van der Waals surface area contributed by atoms with Crippen molar-refractivity contribution in [2.45, 2.75) is 11.3 Å². The van der Waals surface area contributed by atoms with Gasteiger partial charge in [-0.1, -0.05) is 12.1 Å². The van der Waals surface area contributed by atoms with Gasteiger partial charge in [0.1, 0.15) is 0 Å². The lowest BCUT2D eigenvalue weighted by atomic mass is 10.1. The van der Waals surface area contributed by atoms with Gasteiger partial charge in [0.05, 0.1) is 11.4 Å². The first-order valence-electron chi connectivity index (χ1n) is 7.27. The van der Waals surface area contributed by atoms with Crippen molar-refractivity contribution in [1.82, 2.24) is 15.5 Å². The molecule has 122 valence electrons. The van der Waals surface area contributed by atoms with Gasteiger partial charge in [-0.05, 0) is 24.1 Å². The second kappa shape index (κ2) is 7.68. The Morgan fingerprint density at radius 1 is 1.23 bits per heavy atom. The van der Waals surface area contributed by atoms with Gasteiger partial charge in [-0.15, -0.1) is 0 Å². The second-order valence-electron chi connectivity index (χ2n) is 5.32. The number of hydrogen-bond donors (Lipinski definition) is 3. The van der Waals surface area contributed by atoms with Crippen LogP contribution in [0.1, 0.15) is 5.56 Å². The number of benzene rings is 1. The Kier molecular flexibility index (Phi) is 5.90. The molecule has 2 rings (SSSR count). The van der Waals surface area contributed by atoms with Gasteiger partial charge >= 0.3 is 0 Å². The molecule has 1 aromatic rings. The Morgan fingerprint density at radius 3 is 2.45 bits per heavy atom. The predicted octanol–water partition coefficient (Wildman–Crippen LogP) is -1.10. The molecule has 1 fully saturated rings. The average Bonchev–Trinajstić information content (AvgIpc) is 2.48. The van der Waals surface area contributed by atoms with Crippen molar-refractivity contribution in [3.63, 3.8) is 0 Å². The number of sulfonamides is 1. The predicted molar refractivity (Wildman–Crippen MR) is 83.8 cm³/mol. The summed E-state index contributed by atoms with van der Waals surface area (Å²) in [6, 6.07) is 6.38. The van der Waals surface area contributed by atoms with Crippen LogP contribution in [-0.2, 0) is 21.2 Å². The van der Waals surface area contributed by atoms with Crippen molar-refractivity contribution >= 4 is 15.9 Å². The summed E-state index contributed by atoms with van der Waals surface area (Å²) in [7, 11) is -3.65. The van der Waals surface area contributed by atoms with E-state index in [4.69, 9.17) is 5.14 Å². The molecular weight excluding hydrogens is 304 g/mol. The molecule has 1 aliphatic heterocycles. The third kappa shape index (κ3) is 5.38. The molecule has 0 bridgehead atoms. The molecule has 0 spiro atoms. The number of carbonyl (C=O) groups is 1. The van der Waals surface area contributed by atoms with Gasteiger partial charge < -0.3 is 10.6 Å². The lowest BCUT2D eigenvalue weighted by Crippen LogP contribution is -2.47. The van der Waals surface area contributed by atoms with Gasteiger partial charge in [0.15, 0.2) is 0 Å². The van der Waals surface area contributed by atoms with E-state index in [0.29, 0.717) is 19.5 Å². The molecule has 0 saturated carbocycles. The van der Waals surface area contributed by atoms with Crippen LogP contribution in [0.5, 0.6) is 0 Å². The lowest BCUT2D eigenvalue weighted by Gasteiger charge is -2.26. The number of amides is 1. The first kappa shape index (κ1) is 16.9. The van der Waals surface area contributed by atoms with Crippen molar-refractivity contribution in [2.75, 3.05) is 39.3 Å². The van der Waals surface area contributed by atoms with E-state index in [1.54, 1.807) is 12.1 Å². The summed E-state index contributed by atoms with van der Waals surface area (Å²) in [6.07, 6.45) is 0.651. The molecular formula is C14H22N4O3S. The number of carbonyl (C=O) groups excluding carboxylic acids is 1. The Bertz CT molecular complexity index is 595. The Hall–Kier alpha value is -1.48. The summed E-state index contributed by atoms with van der Waals surface area (Å²) in [5.41, 5.74) is 0.954. The van der Waals surface area contributed by atoms with Crippen molar-refractivity contribution in [1.29, 1.82) is 0 Å². The number of rotatable bonds is 6. The van der Waals surface area contributed by atoms with E-state index in [9.17, 15) is 13.2 Å². The van der Waals surface area contributed by atoms with Gasteiger partial charge in [-0.3, -0.25) is 9.69 Å². The summed E-state index contributed by atoms with van der Waals surface area (Å²) in [5.74, 6) is 0.0167. The maximum atomic E-state index is 11.8. The van der Waals surface area contributed by atoms with Crippen molar-refractivity contribution in [2.24, 2.45) is 5.14 Å². The standard InChI is InChI=1S/C14H22N4O3S/c15-22(20,21)13-3-1-12(2-4-13)5-6-17-14(19)11-18-9-7-16-8-10-18/h1-4,16H,5-11H2,(H,17,19)(H2,15,20,21). The first-order chi connectivity index (χ1) is 10.4. The topological polar surface area (TPSA) is 105 Å². The van der Waals surface area contributed by atoms with Crippen LogP contribution in [0.15, 0.2) is 29.2 Å². The Balaban J connectivity index is 1.72. The van der Waals surface area contributed by atoms with Crippen molar-refractivity contribution < 1.29 is 13.2 Å². The number of primary sulfonamides is 1. The molecule has 1 saturated heterocycles. The minimum absolute atomic E-state index is 0.0167. The van der Waals surface area contributed by atoms with Crippen molar-refractivity contribution in [3.8, 4) is 0 Å². The number of hydrogen-bond acceptors (Lipinski definition) is 5. The fourth-order valence-corrected chi connectivity index (χ4v) is 2.84. The zero-order valence-corrected chi connectivity index (χ0v) is 13.2. The van der Waals surface area contributed by atoms with Crippen LogP contribution in [0.3, 0.4) is 0 Å². The minimum Gasteiger partial charge on any atom is -0.355 e. The van der Waals surface area contributed by atoms with E-state index in [1.165, 1.54) is 12.1 Å². The lowest BCUT2D eigenvalue weighted by molar-refractivity contribution is -0.122. The zero-order valence-electron chi connectivity index (χ0n) is 12.4. The zero-order chi connectivity index (χ0) is 16.0. The maximum absolute atomic E-state index is 11.8. The summed E-state index contributed by atoms with van der Waals surface area (Å²) < 4.78 is 22.3. The normalized spacial score (nSPS) is 16.4. The summed E-state index contributed by atoms with van der Waals surface area (Å²) in [5, 5.41) is 11.2. The highest BCUT2D eigenvalue weighted by atomic mass is 32.2. The minimum atomic E-state index is -3.65. The van der Waals surface area contributed by atoms with E-state index >= 15 is 0 Å². The monoisotopic (exact) mass is 326 g/mol. The molecule has 4 N–H and O–H groups in total. The van der Waals surface area contributed by atoms with Crippen LogP contribution >= 0.6 is 0 Å². The molecule has 0 aromatic heterocycles. The largest absolute Gasteiger partial charge is 0.355 e. The Labute approximate surface area is 130 Å². The highest BCUT2D eigenvalue weighted by Gasteiger charge is 2.13. The molecule has 8 heteroatoms. The Morgan fingerprint density at radius 2 is 1.86 bits per heavy atom. The second-order valence-corrected chi connectivity index (χ2v) is 6.88. The summed E-state index contributed by atoms with van der Waals surface area (Å²) in [4.78, 5) is 14.0. The quantitative estimate of drug-likeness (QED) is 0.615. The van der Waals surface area contributed by atoms with Gasteiger partial charge in [0.2, 0.25) is 15.9 Å². The van der Waals surface area contributed by atoms with Gasteiger partial charge in [0, 0.05) is 32.7 Å².